The van der Waals surface area contributed by atoms with Gasteiger partial charge in [0.1, 0.15) is 0 Å². The zero-order valence-electron chi connectivity index (χ0n) is 19.1. The van der Waals surface area contributed by atoms with Crippen LogP contribution in [0.3, 0.4) is 0 Å². The first-order chi connectivity index (χ1) is 15.0. The minimum Gasteiger partial charge on any atom is -0.462 e. The largest absolute Gasteiger partial charge is 0.462 e. The van der Waals surface area contributed by atoms with E-state index in [1.807, 2.05) is 43.5 Å². The van der Waals surface area contributed by atoms with E-state index in [-0.39, 0.29) is 5.97 Å². The molecule has 3 aromatic rings. The molecule has 162 valence electrons. The Labute approximate surface area is 185 Å². The molecule has 0 amide bonds. The quantitative estimate of drug-likeness (QED) is 0.340. The van der Waals surface area contributed by atoms with Crippen LogP contribution in [0.4, 0.5) is 11.4 Å². The van der Waals surface area contributed by atoms with E-state index in [0.717, 1.165) is 41.4 Å². The van der Waals surface area contributed by atoms with Crippen LogP contribution < -0.4 is 4.90 Å². The molecule has 0 saturated carbocycles. The lowest BCUT2D eigenvalue weighted by Crippen LogP contribution is -2.21. The molecule has 0 N–H and O–H groups in total. The average molecular weight is 418 g/mol. The highest BCUT2D eigenvalue weighted by molar-refractivity contribution is 5.90. The van der Waals surface area contributed by atoms with Gasteiger partial charge in [-0.05, 0) is 83.1 Å². The first kappa shape index (κ1) is 22.3. The number of rotatable bonds is 8. The summed E-state index contributed by atoms with van der Waals surface area (Å²) in [6.45, 7) is 12.6. The van der Waals surface area contributed by atoms with E-state index >= 15 is 0 Å². The molecule has 1 aromatic heterocycles. The molecule has 0 atom stereocenters. The van der Waals surface area contributed by atoms with E-state index < -0.39 is 0 Å². The highest BCUT2D eigenvalue weighted by Crippen LogP contribution is 2.23. The van der Waals surface area contributed by atoms with E-state index in [4.69, 9.17) is 4.74 Å². The molecule has 0 saturated heterocycles. The van der Waals surface area contributed by atoms with Gasteiger partial charge in [0.15, 0.2) is 0 Å². The van der Waals surface area contributed by atoms with Crippen molar-refractivity contribution in [3.63, 3.8) is 0 Å². The van der Waals surface area contributed by atoms with Gasteiger partial charge < -0.3 is 14.2 Å². The fourth-order valence-electron chi connectivity index (χ4n) is 3.78. The van der Waals surface area contributed by atoms with Gasteiger partial charge in [0.05, 0.1) is 17.9 Å². The first-order valence-electron chi connectivity index (χ1n) is 10.8. The predicted molar refractivity (Wildman–Crippen MR) is 128 cm³/mol. The molecule has 0 fully saturated rings. The Kier molecular flexibility index (Phi) is 7.29. The Bertz CT molecular complexity index is 1060. The van der Waals surface area contributed by atoms with Crippen LogP contribution in [0.2, 0.25) is 0 Å². The second-order valence-corrected chi connectivity index (χ2v) is 7.38. The Morgan fingerprint density at radius 1 is 1.03 bits per heavy atom. The summed E-state index contributed by atoms with van der Waals surface area (Å²) in [7, 11) is 0. The van der Waals surface area contributed by atoms with Gasteiger partial charge in [0, 0.05) is 47.6 Å². The smallest absolute Gasteiger partial charge is 0.338 e. The molecule has 0 unspecified atom stereocenters. The number of ether oxygens (including phenoxy) is 1. The molecule has 0 aliphatic heterocycles. The van der Waals surface area contributed by atoms with Crippen LogP contribution in [0.15, 0.2) is 59.6 Å². The molecule has 0 bridgehead atoms. The fraction of sp³-hybridized carbons (Fsp3) is 0.308. The Balaban J connectivity index is 1.85. The second kappa shape index (κ2) is 10.1. The number of anilines is 1. The lowest BCUT2D eigenvalue weighted by atomic mass is 10.2. The summed E-state index contributed by atoms with van der Waals surface area (Å²) in [5.41, 5.74) is 6.82. The molecule has 0 aliphatic rings. The third kappa shape index (κ3) is 5.05. The summed E-state index contributed by atoms with van der Waals surface area (Å²) < 4.78 is 7.27. The number of aryl methyl sites for hydroxylation is 1. The van der Waals surface area contributed by atoms with Crippen molar-refractivity contribution in [2.24, 2.45) is 4.99 Å². The van der Waals surface area contributed by atoms with E-state index in [1.165, 1.54) is 5.69 Å². The number of hydrogen-bond donors (Lipinski definition) is 0. The summed E-state index contributed by atoms with van der Waals surface area (Å²) in [6, 6.07) is 18.0. The highest BCUT2D eigenvalue weighted by Gasteiger charge is 2.12. The number of hydrogen-bond acceptors (Lipinski definition) is 4. The predicted octanol–water partition coefficient (Wildman–Crippen LogP) is 5.87. The van der Waals surface area contributed by atoms with Crippen molar-refractivity contribution in [2.45, 2.75) is 34.6 Å². The van der Waals surface area contributed by atoms with Crippen LogP contribution >= 0.6 is 0 Å². The number of esters is 1. The third-order valence-corrected chi connectivity index (χ3v) is 5.42. The maximum absolute atomic E-state index is 12.1. The van der Waals surface area contributed by atoms with Crippen molar-refractivity contribution in [2.75, 3.05) is 24.6 Å². The molecule has 0 spiro atoms. The minimum atomic E-state index is -0.304. The molecule has 2 aromatic carbocycles. The number of aromatic nitrogens is 1. The van der Waals surface area contributed by atoms with Crippen molar-refractivity contribution in [1.82, 2.24) is 4.57 Å². The Hall–Kier alpha value is -3.34. The van der Waals surface area contributed by atoms with Crippen molar-refractivity contribution in [1.29, 1.82) is 0 Å². The molecule has 1 heterocycles. The standard InChI is InChI=1S/C26H31N3O2/c1-6-28(7-2)24-14-12-23(13-15-24)27-18-22-16-19(4)29(20(22)5)25-11-9-10-21(17-25)26(30)31-8-3/h9-18H,6-8H2,1-5H3. The summed E-state index contributed by atoms with van der Waals surface area (Å²) >= 11 is 0. The van der Waals surface area contributed by atoms with Gasteiger partial charge in [-0.2, -0.15) is 0 Å². The van der Waals surface area contributed by atoms with Gasteiger partial charge >= 0.3 is 5.97 Å². The van der Waals surface area contributed by atoms with E-state index in [1.54, 1.807) is 6.07 Å². The summed E-state index contributed by atoms with van der Waals surface area (Å²) in [5.74, 6) is -0.304. The first-order valence-corrected chi connectivity index (χ1v) is 10.8. The van der Waals surface area contributed by atoms with E-state index in [2.05, 4.69) is 60.4 Å². The van der Waals surface area contributed by atoms with Crippen LogP contribution in [-0.4, -0.2) is 36.4 Å². The number of carbonyl (C=O) groups excluding carboxylic acids is 1. The molecule has 0 radical (unpaired) electrons. The molecule has 31 heavy (non-hydrogen) atoms. The minimum absolute atomic E-state index is 0.304. The number of aliphatic imine (C=N–C) groups is 1. The number of nitrogens with zero attached hydrogens (tertiary/aromatic N) is 3. The molecule has 5 nitrogen and oxygen atoms in total. The Morgan fingerprint density at radius 2 is 1.74 bits per heavy atom. The number of carbonyl (C=O) groups is 1. The van der Waals surface area contributed by atoms with Gasteiger partial charge in [0.25, 0.3) is 0 Å². The van der Waals surface area contributed by atoms with Crippen molar-refractivity contribution in [3.8, 4) is 5.69 Å². The summed E-state index contributed by atoms with van der Waals surface area (Å²) in [6.07, 6.45) is 1.90. The van der Waals surface area contributed by atoms with Crippen LogP contribution in [0.1, 0.15) is 48.1 Å². The fourth-order valence-corrected chi connectivity index (χ4v) is 3.78. The molecule has 3 rings (SSSR count). The average Bonchev–Trinajstić information content (AvgIpc) is 3.07. The van der Waals surface area contributed by atoms with Crippen molar-refractivity contribution < 1.29 is 9.53 Å². The van der Waals surface area contributed by atoms with E-state index in [9.17, 15) is 4.79 Å². The van der Waals surface area contributed by atoms with Crippen LogP contribution in [-0.2, 0) is 4.74 Å². The van der Waals surface area contributed by atoms with Crippen LogP contribution in [0.5, 0.6) is 0 Å². The SMILES string of the molecule is CCOC(=O)c1cccc(-n2c(C)cc(C=Nc3ccc(N(CC)CC)cc3)c2C)c1. The van der Waals surface area contributed by atoms with Gasteiger partial charge in [-0.1, -0.05) is 6.07 Å². The van der Waals surface area contributed by atoms with Crippen LogP contribution in [0, 0.1) is 13.8 Å². The van der Waals surface area contributed by atoms with Gasteiger partial charge in [-0.3, -0.25) is 4.99 Å². The molecular weight excluding hydrogens is 386 g/mol. The topological polar surface area (TPSA) is 46.8 Å². The lowest BCUT2D eigenvalue weighted by Gasteiger charge is -2.20. The van der Waals surface area contributed by atoms with Gasteiger partial charge in [-0.25, -0.2) is 4.79 Å². The molecule has 5 heteroatoms. The summed E-state index contributed by atoms with van der Waals surface area (Å²) in [4.78, 5) is 19.1. The maximum Gasteiger partial charge on any atom is 0.338 e. The third-order valence-electron chi connectivity index (χ3n) is 5.42. The zero-order valence-corrected chi connectivity index (χ0v) is 19.1. The molecular formula is C26H31N3O2. The monoisotopic (exact) mass is 417 g/mol. The second-order valence-electron chi connectivity index (χ2n) is 7.38. The van der Waals surface area contributed by atoms with Gasteiger partial charge in [-0.15, -0.1) is 0 Å². The maximum atomic E-state index is 12.1. The number of benzene rings is 2. The highest BCUT2D eigenvalue weighted by atomic mass is 16.5. The normalized spacial score (nSPS) is 11.1. The van der Waals surface area contributed by atoms with E-state index in [0.29, 0.717) is 12.2 Å². The Morgan fingerprint density at radius 3 is 2.39 bits per heavy atom. The zero-order chi connectivity index (χ0) is 22.4. The van der Waals surface area contributed by atoms with Crippen molar-refractivity contribution >= 4 is 23.6 Å². The summed E-state index contributed by atoms with van der Waals surface area (Å²) in [5, 5.41) is 0. The van der Waals surface area contributed by atoms with Crippen LogP contribution in [0.25, 0.3) is 5.69 Å². The lowest BCUT2D eigenvalue weighted by molar-refractivity contribution is 0.0526. The van der Waals surface area contributed by atoms with Crippen molar-refractivity contribution in [3.05, 3.63) is 77.1 Å². The van der Waals surface area contributed by atoms with Gasteiger partial charge in [0.2, 0.25) is 0 Å². The molecule has 0 aliphatic carbocycles.